The number of rotatable bonds is 10. The van der Waals surface area contributed by atoms with Gasteiger partial charge >= 0.3 is 5.69 Å². The maximum atomic E-state index is 14.1. The number of imidazole rings is 1. The predicted octanol–water partition coefficient (Wildman–Crippen LogP) is 6.59. The van der Waals surface area contributed by atoms with Crippen molar-refractivity contribution >= 4 is 0 Å². The monoisotopic (exact) mass is 527 g/mol. The molecule has 1 unspecified atom stereocenters. The molecule has 5 rings (SSSR count). The zero-order valence-electron chi connectivity index (χ0n) is 23.6. The van der Waals surface area contributed by atoms with Gasteiger partial charge in [-0.15, -0.1) is 10.2 Å². The van der Waals surface area contributed by atoms with Gasteiger partial charge in [-0.3, -0.25) is 14.1 Å². The quantitative estimate of drug-likeness (QED) is 0.235. The van der Waals surface area contributed by atoms with Gasteiger partial charge in [-0.05, 0) is 78.5 Å². The number of pyridine rings is 1. The molecule has 0 amide bonds. The van der Waals surface area contributed by atoms with Gasteiger partial charge in [0.1, 0.15) is 0 Å². The van der Waals surface area contributed by atoms with Gasteiger partial charge in [0.15, 0.2) is 0 Å². The molecule has 1 atom stereocenters. The highest BCUT2D eigenvalue weighted by molar-refractivity contribution is 5.70. The molecule has 39 heavy (non-hydrogen) atoms. The van der Waals surface area contributed by atoms with Gasteiger partial charge < -0.3 is 0 Å². The minimum absolute atomic E-state index is 0.116. The summed E-state index contributed by atoms with van der Waals surface area (Å²) < 4.78 is 4.10. The van der Waals surface area contributed by atoms with Crippen molar-refractivity contribution < 1.29 is 0 Å². The number of aryl methyl sites for hydroxylation is 1. The minimum Gasteiger partial charge on any atom is -0.295 e. The zero-order chi connectivity index (χ0) is 27.2. The molecule has 0 radical (unpaired) electrons. The number of nitrogens with one attached hydrogen (secondary N) is 1. The van der Waals surface area contributed by atoms with Crippen LogP contribution in [0.4, 0.5) is 0 Å². The summed E-state index contributed by atoms with van der Waals surface area (Å²) in [5.41, 5.74) is 5.31. The Hall–Kier alpha value is -3.55. The maximum Gasteiger partial charge on any atom is 0.328 e. The summed E-state index contributed by atoms with van der Waals surface area (Å²) >= 11 is 0. The molecule has 206 valence electrons. The van der Waals surface area contributed by atoms with Crippen molar-refractivity contribution in [1.29, 1.82) is 0 Å². The molecule has 1 saturated carbocycles. The van der Waals surface area contributed by atoms with Crippen molar-refractivity contribution in [2.75, 3.05) is 0 Å². The van der Waals surface area contributed by atoms with E-state index in [0.717, 1.165) is 66.6 Å². The molecule has 1 N–H and O–H groups in total. The van der Waals surface area contributed by atoms with E-state index in [1.807, 2.05) is 29.0 Å². The SMILES string of the molecule is CCCCc1cn(C2CCCCCC2(CC)CC)c(=O)n1Cc1cc(-c2cccc(-c3nn[nH]n3)c2)ccn1. The molecule has 1 aliphatic rings. The molecular formula is C31H41N7O. The van der Waals surface area contributed by atoms with Crippen LogP contribution < -0.4 is 5.69 Å². The van der Waals surface area contributed by atoms with Crippen molar-refractivity contribution in [3.8, 4) is 22.5 Å². The molecule has 0 spiro atoms. The lowest BCUT2D eigenvalue weighted by Gasteiger charge is -2.39. The van der Waals surface area contributed by atoms with Crippen molar-refractivity contribution in [2.24, 2.45) is 5.41 Å². The summed E-state index contributed by atoms with van der Waals surface area (Å²) in [4.78, 5) is 18.8. The van der Waals surface area contributed by atoms with E-state index in [9.17, 15) is 4.79 Å². The first kappa shape index (κ1) is 27.0. The van der Waals surface area contributed by atoms with E-state index >= 15 is 0 Å². The Kier molecular flexibility index (Phi) is 8.38. The Morgan fingerprint density at radius 1 is 1.03 bits per heavy atom. The summed E-state index contributed by atoms with van der Waals surface area (Å²) in [6.45, 7) is 7.30. The third-order valence-electron chi connectivity index (χ3n) is 8.91. The fourth-order valence-electron chi connectivity index (χ4n) is 6.50. The molecule has 1 fully saturated rings. The Morgan fingerprint density at radius 2 is 1.85 bits per heavy atom. The van der Waals surface area contributed by atoms with Crippen molar-refractivity contribution in [3.63, 3.8) is 0 Å². The molecule has 3 aromatic heterocycles. The number of tetrazole rings is 1. The van der Waals surface area contributed by atoms with Crippen LogP contribution in [0.15, 0.2) is 53.6 Å². The average molecular weight is 528 g/mol. The van der Waals surface area contributed by atoms with Gasteiger partial charge in [0.05, 0.1) is 12.2 Å². The highest BCUT2D eigenvalue weighted by Crippen LogP contribution is 2.47. The lowest BCUT2D eigenvalue weighted by molar-refractivity contribution is 0.131. The van der Waals surface area contributed by atoms with E-state index in [-0.39, 0.29) is 17.1 Å². The van der Waals surface area contributed by atoms with E-state index in [1.54, 1.807) is 0 Å². The smallest absolute Gasteiger partial charge is 0.295 e. The summed E-state index contributed by atoms with van der Waals surface area (Å²) in [5, 5.41) is 14.4. The van der Waals surface area contributed by atoms with Crippen LogP contribution in [0.2, 0.25) is 0 Å². The van der Waals surface area contributed by atoms with E-state index in [1.165, 1.54) is 25.7 Å². The van der Waals surface area contributed by atoms with Gasteiger partial charge in [-0.1, -0.05) is 64.7 Å². The largest absolute Gasteiger partial charge is 0.328 e. The predicted molar refractivity (Wildman–Crippen MR) is 154 cm³/mol. The number of H-pyrrole nitrogens is 1. The normalized spacial score (nSPS) is 17.3. The molecule has 3 heterocycles. The van der Waals surface area contributed by atoms with Gasteiger partial charge in [0, 0.05) is 29.7 Å². The van der Waals surface area contributed by atoms with Crippen LogP contribution in [0.1, 0.15) is 96.0 Å². The second kappa shape index (κ2) is 12.1. The zero-order valence-corrected chi connectivity index (χ0v) is 23.6. The highest BCUT2D eigenvalue weighted by atomic mass is 16.1. The summed E-state index contributed by atoms with van der Waals surface area (Å²) in [6.07, 6.45) is 15.3. The minimum atomic E-state index is 0.116. The third kappa shape index (κ3) is 5.60. The van der Waals surface area contributed by atoms with Gasteiger partial charge in [-0.25, -0.2) is 4.79 Å². The van der Waals surface area contributed by atoms with Crippen LogP contribution in [0.3, 0.4) is 0 Å². The van der Waals surface area contributed by atoms with E-state index in [0.29, 0.717) is 12.4 Å². The molecule has 8 nitrogen and oxygen atoms in total. The first-order valence-corrected chi connectivity index (χ1v) is 14.7. The lowest BCUT2D eigenvalue weighted by atomic mass is 9.72. The molecule has 0 bridgehead atoms. The van der Waals surface area contributed by atoms with Crippen LogP contribution in [-0.2, 0) is 13.0 Å². The van der Waals surface area contributed by atoms with Gasteiger partial charge in [0.2, 0.25) is 5.82 Å². The second-order valence-electron chi connectivity index (χ2n) is 11.0. The second-order valence-corrected chi connectivity index (χ2v) is 11.0. The molecule has 0 saturated heterocycles. The third-order valence-corrected chi connectivity index (χ3v) is 8.91. The first-order chi connectivity index (χ1) is 19.1. The van der Waals surface area contributed by atoms with E-state index < -0.39 is 0 Å². The Bertz CT molecular complexity index is 1410. The Labute approximate surface area is 230 Å². The number of unbranched alkanes of at least 4 members (excludes halogenated alkanes) is 1. The number of hydrogen-bond donors (Lipinski definition) is 1. The number of nitrogens with zero attached hydrogens (tertiary/aromatic N) is 6. The van der Waals surface area contributed by atoms with Crippen molar-refractivity contribution in [3.05, 3.63) is 70.7 Å². The average Bonchev–Trinajstić information content (AvgIpc) is 3.56. The topological polar surface area (TPSA) is 94.3 Å². The Balaban J connectivity index is 1.49. The number of aromatic nitrogens is 7. The fourth-order valence-corrected chi connectivity index (χ4v) is 6.50. The molecule has 4 aromatic rings. The van der Waals surface area contributed by atoms with Gasteiger partial charge in [0.25, 0.3) is 0 Å². The van der Waals surface area contributed by atoms with E-state index in [2.05, 4.69) is 75.3 Å². The highest BCUT2D eigenvalue weighted by Gasteiger charge is 2.39. The van der Waals surface area contributed by atoms with Crippen LogP contribution in [0.25, 0.3) is 22.5 Å². The Morgan fingerprint density at radius 3 is 2.62 bits per heavy atom. The summed E-state index contributed by atoms with van der Waals surface area (Å²) in [6, 6.07) is 12.5. The lowest BCUT2D eigenvalue weighted by Crippen LogP contribution is -2.37. The molecule has 0 aliphatic heterocycles. The number of hydrogen-bond acceptors (Lipinski definition) is 5. The first-order valence-electron chi connectivity index (χ1n) is 14.7. The molecule has 1 aromatic carbocycles. The van der Waals surface area contributed by atoms with Gasteiger partial charge in [-0.2, -0.15) is 5.21 Å². The van der Waals surface area contributed by atoms with Crippen LogP contribution in [-0.4, -0.2) is 34.7 Å². The van der Waals surface area contributed by atoms with Crippen LogP contribution in [0, 0.1) is 5.41 Å². The standard InChI is InChI=1S/C31H41N7O/c1-4-7-14-27-22-38(28-15-9-8-10-17-31(28,5-2)6-3)30(39)37(27)21-26-20-24(16-18-32-26)23-12-11-13-25(19-23)29-33-35-36-34-29/h11-13,16,18-20,22,28H,4-10,14-15,17,21H2,1-3H3,(H,33,34,35,36). The van der Waals surface area contributed by atoms with E-state index in [4.69, 9.17) is 0 Å². The summed E-state index contributed by atoms with van der Waals surface area (Å²) in [7, 11) is 0. The van der Waals surface area contributed by atoms with Crippen molar-refractivity contribution in [1.82, 2.24) is 34.7 Å². The summed E-state index contributed by atoms with van der Waals surface area (Å²) in [5.74, 6) is 0.563. The molecule has 8 heteroatoms. The number of aromatic amines is 1. The fraction of sp³-hybridized carbons (Fsp3) is 0.516. The molecular weight excluding hydrogens is 486 g/mol. The molecule has 1 aliphatic carbocycles. The van der Waals surface area contributed by atoms with Crippen LogP contribution in [0.5, 0.6) is 0 Å². The van der Waals surface area contributed by atoms with Crippen molar-refractivity contribution in [2.45, 2.75) is 97.6 Å². The number of benzene rings is 1. The van der Waals surface area contributed by atoms with Crippen LogP contribution >= 0.6 is 0 Å². The maximum absolute atomic E-state index is 14.1.